The van der Waals surface area contributed by atoms with Crippen LogP contribution in [0.5, 0.6) is 17.2 Å². The molecule has 0 radical (unpaired) electrons. The van der Waals surface area contributed by atoms with E-state index in [1.54, 1.807) is 13.1 Å². The largest absolute Gasteiger partial charge is 0.493 e. The highest BCUT2D eigenvalue weighted by molar-refractivity contribution is 5.82. The normalized spacial score (nSPS) is 16.3. The Morgan fingerprint density at radius 2 is 1.98 bits per heavy atom. The lowest BCUT2D eigenvalue weighted by Crippen LogP contribution is -2.32. The number of imidazole rings is 1. The van der Waals surface area contributed by atoms with Crippen LogP contribution in [0.25, 0.3) is 22.3 Å². The highest BCUT2D eigenvalue weighted by atomic mass is 19.1. The van der Waals surface area contributed by atoms with E-state index in [2.05, 4.69) is 15.0 Å². The van der Waals surface area contributed by atoms with Gasteiger partial charge >= 0.3 is 5.97 Å². The molecule has 210 valence electrons. The number of hydrogen-bond donors (Lipinski definition) is 2. The fourth-order valence-electron chi connectivity index (χ4n) is 5.28. The molecule has 2 aromatic heterocycles. The Balaban J connectivity index is 1.33. The number of fused-ring (bicyclic) bond motifs is 2. The number of ether oxygens (including phenoxy) is 3. The molecular formula is C31H26F3N3O4. The number of nitrogens with one attached hydrogen (secondary N) is 2. The molecule has 10 heteroatoms. The van der Waals surface area contributed by atoms with Gasteiger partial charge in [-0.25, -0.2) is 18.2 Å². The summed E-state index contributed by atoms with van der Waals surface area (Å²) < 4.78 is 61.3. The van der Waals surface area contributed by atoms with E-state index in [0.717, 1.165) is 23.3 Å². The zero-order valence-electron chi connectivity index (χ0n) is 22.3. The number of nitrogens with zero attached hydrogens (tertiary/aromatic N) is 1. The van der Waals surface area contributed by atoms with Crippen LogP contribution in [0, 0.1) is 17.5 Å². The lowest BCUT2D eigenvalue weighted by molar-refractivity contribution is -0.142. The average molecular weight is 562 g/mol. The molecule has 6 rings (SSSR count). The molecular weight excluding hydrogens is 535 g/mol. The van der Waals surface area contributed by atoms with Crippen molar-refractivity contribution >= 4 is 16.9 Å². The Hall–Kier alpha value is -4.73. The first-order chi connectivity index (χ1) is 19.8. The van der Waals surface area contributed by atoms with E-state index in [1.165, 1.54) is 24.4 Å². The van der Waals surface area contributed by atoms with Gasteiger partial charge in [-0.3, -0.25) is 4.79 Å². The van der Waals surface area contributed by atoms with E-state index >= 15 is 4.39 Å². The number of aromatic nitrogens is 3. The lowest BCUT2D eigenvalue weighted by atomic mass is 9.74. The van der Waals surface area contributed by atoms with Crippen molar-refractivity contribution in [2.75, 3.05) is 13.2 Å². The molecule has 2 N–H and O–H groups in total. The van der Waals surface area contributed by atoms with Crippen LogP contribution in [0.4, 0.5) is 13.2 Å². The smallest absolute Gasteiger partial charge is 0.310 e. The van der Waals surface area contributed by atoms with Gasteiger partial charge in [-0.2, -0.15) is 0 Å². The molecule has 5 aromatic rings. The molecule has 1 unspecified atom stereocenters. The first-order valence-electron chi connectivity index (χ1n) is 13.2. The molecule has 0 aliphatic carbocycles. The van der Waals surface area contributed by atoms with E-state index in [-0.39, 0.29) is 41.5 Å². The van der Waals surface area contributed by atoms with Crippen LogP contribution in [0.1, 0.15) is 37.1 Å². The summed E-state index contributed by atoms with van der Waals surface area (Å²) in [4.78, 5) is 22.6. The molecule has 1 aliphatic rings. The van der Waals surface area contributed by atoms with Crippen LogP contribution in [0.2, 0.25) is 0 Å². The Kier molecular flexibility index (Phi) is 6.69. The van der Waals surface area contributed by atoms with Gasteiger partial charge in [-0.15, -0.1) is 0 Å². The molecule has 0 amide bonds. The van der Waals surface area contributed by atoms with Gasteiger partial charge in [-0.05, 0) is 44.5 Å². The van der Waals surface area contributed by atoms with Crippen LogP contribution in [0.3, 0.4) is 0 Å². The maximum absolute atomic E-state index is 15.0. The molecule has 0 bridgehead atoms. The average Bonchev–Trinajstić information content (AvgIpc) is 3.63. The molecule has 41 heavy (non-hydrogen) atoms. The molecule has 0 spiro atoms. The molecule has 0 fully saturated rings. The van der Waals surface area contributed by atoms with Crippen LogP contribution in [0.15, 0.2) is 60.9 Å². The lowest BCUT2D eigenvalue weighted by Gasteiger charge is -2.36. The van der Waals surface area contributed by atoms with Gasteiger partial charge in [0.25, 0.3) is 0 Å². The predicted molar refractivity (Wildman–Crippen MR) is 146 cm³/mol. The van der Waals surface area contributed by atoms with E-state index in [4.69, 9.17) is 14.2 Å². The van der Waals surface area contributed by atoms with Crippen molar-refractivity contribution in [3.8, 4) is 28.6 Å². The molecule has 1 atom stereocenters. The van der Waals surface area contributed by atoms with E-state index < -0.39 is 28.6 Å². The Bertz CT molecular complexity index is 1780. The molecule has 3 aromatic carbocycles. The van der Waals surface area contributed by atoms with E-state index in [1.807, 2.05) is 25.1 Å². The Labute approximate surface area is 233 Å². The molecule has 0 saturated carbocycles. The third-order valence-electron chi connectivity index (χ3n) is 7.47. The maximum Gasteiger partial charge on any atom is 0.310 e. The van der Waals surface area contributed by atoms with Crippen molar-refractivity contribution in [3.05, 3.63) is 95.2 Å². The summed E-state index contributed by atoms with van der Waals surface area (Å²) >= 11 is 0. The number of rotatable bonds is 7. The minimum Gasteiger partial charge on any atom is -0.493 e. The number of para-hydroxylation sites is 1. The van der Waals surface area contributed by atoms with Crippen molar-refractivity contribution in [1.29, 1.82) is 0 Å². The first-order valence-corrected chi connectivity index (χ1v) is 13.2. The van der Waals surface area contributed by atoms with Gasteiger partial charge in [-0.1, -0.05) is 18.2 Å². The number of esters is 1. The number of carbonyl (C=O) groups excluding carboxylic acids is 1. The summed E-state index contributed by atoms with van der Waals surface area (Å²) in [6.07, 6.45) is 3.82. The van der Waals surface area contributed by atoms with Crippen molar-refractivity contribution in [2.45, 2.75) is 32.1 Å². The third kappa shape index (κ3) is 4.69. The first kappa shape index (κ1) is 26.5. The summed E-state index contributed by atoms with van der Waals surface area (Å²) in [5.74, 6) is -2.38. The van der Waals surface area contributed by atoms with Gasteiger partial charge in [0.1, 0.15) is 23.1 Å². The quantitative estimate of drug-likeness (QED) is 0.210. The summed E-state index contributed by atoms with van der Waals surface area (Å²) in [7, 11) is 0. The van der Waals surface area contributed by atoms with Gasteiger partial charge < -0.3 is 24.2 Å². The van der Waals surface area contributed by atoms with Crippen LogP contribution >= 0.6 is 0 Å². The van der Waals surface area contributed by atoms with Crippen molar-refractivity contribution < 1.29 is 32.2 Å². The van der Waals surface area contributed by atoms with E-state index in [9.17, 15) is 13.6 Å². The summed E-state index contributed by atoms with van der Waals surface area (Å²) in [5.41, 5.74) is 2.10. The highest BCUT2D eigenvalue weighted by Gasteiger charge is 2.38. The summed E-state index contributed by atoms with van der Waals surface area (Å²) in [6, 6.07) is 12.0. The Morgan fingerprint density at radius 1 is 1.12 bits per heavy atom. The van der Waals surface area contributed by atoms with Crippen LogP contribution in [-0.2, 0) is 21.4 Å². The fraction of sp³-hybridized carbons (Fsp3) is 0.226. The third-order valence-corrected chi connectivity index (χ3v) is 7.47. The Morgan fingerprint density at radius 3 is 2.80 bits per heavy atom. The number of benzene rings is 3. The van der Waals surface area contributed by atoms with Crippen LogP contribution in [-0.4, -0.2) is 34.1 Å². The van der Waals surface area contributed by atoms with Gasteiger partial charge in [0.05, 0.1) is 30.7 Å². The number of halogens is 3. The van der Waals surface area contributed by atoms with Crippen LogP contribution < -0.4 is 9.47 Å². The van der Waals surface area contributed by atoms with Crippen molar-refractivity contribution in [2.24, 2.45) is 0 Å². The zero-order chi connectivity index (χ0) is 28.7. The second kappa shape index (κ2) is 10.3. The molecule has 7 nitrogen and oxygen atoms in total. The molecule has 0 saturated heterocycles. The van der Waals surface area contributed by atoms with Crippen molar-refractivity contribution in [1.82, 2.24) is 15.0 Å². The summed E-state index contributed by atoms with van der Waals surface area (Å²) in [5, 5.41) is 0.176. The number of carbonyl (C=O) groups is 1. The fourth-order valence-corrected chi connectivity index (χ4v) is 5.28. The zero-order valence-corrected chi connectivity index (χ0v) is 22.3. The predicted octanol–water partition coefficient (Wildman–Crippen LogP) is 6.96. The highest BCUT2D eigenvalue weighted by Crippen LogP contribution is 2.45. The van der Waals surface area contributed by atoms with Crippen molar-refractivity contribution in [3.63, 3.8) is 0 Å². The van der Waals surface area contributed by atoms with Gasteiger partial charge in [0.15, 0.2) is 17.4 Å². The summed E-state index contributed by atoms with van der Waals surface area (Å²) in [6.45, 7) is 4.47. The number of aromatic amines is 2. The number of H-pyrrole nitrogens is 2. The second-order valence-electron chi connectivity index (χ2n) is 10.0. The number of hydrogen-bond acceptors (Lipinski definition) is 5. The van der Waals surface area contributed by atoms with Gasteiger partial charge in [0.2, 0.25) is 0 Å². The standard InChI is InChI=1S/C31H26F3N3O4/c1-3-39-26(38)13-17-5-4-6-21-28(17)40-12-10-31(21,2)25-16-36-30(37-25)20-14-18(7-8-22(20)32)41-29-23(33)15-24-19(27(29)34)9-11-35-24/h4-9,11,14-16,35H,3,10,12-13H2,1-2H3,(H,36,37). The maximum atomic E-state index is 15.0. The topological polar surface area (TPSA) is 89.2 Å². The monoisotopic (exact) mass is 561 g/mol. The molecule has 1 aliphatic heterocycles. The van der Waals surface area contributed by atoms with E-state index in [0.29, 0.717) is 30.0 Å². The van der Waals surface area contributed by atoms with Gasteiger partial charge in [0, 0.05) is 46.1 Å². The second-order valence-corrected chi connectivity index (χ2v) is 10.0. The molecule has 3 heterocycles. The minimum atomic E-state index is -0.892. The SMILES string of the molecule is CCOC(=O)Cc1cccc2c1OCCC2(C)c1cnc(-c2cc(Oc3c(F)cc4[nH]ccc4c3F)ccc2F)[nH]1. The minimum absolute atomic E-state index is 0.0401.